The number of carbonyl (C=O) groups excluding carboxylic acids is 2. The van der Waals surface area contributed by atoms with Crippen molar-refractivity contribution in [3.05, 3.63) is 26.6 Å². The number of nitrogens with zero attached hydrogens (tertiary/aromatic N) is 2. The Labute approximate surface area is 155 Å². The smallest absolute Gasteiger partial charge is 0.349 e. The molecule has 0 fully saturated rings. The Morgan fingerprint density at radius 1 is 1.35 bits per heavy atom. The Morgan fingerprint density at radius 2 is 2.08 bits per heavy atom. The first-order chi connectivity index (χ1) is 12.3. The van der Waals surface area contributed by atoms with Gasteiger partial charge in [-0.2, -0.15) is 0 Å². The van der Waals surface area contributed by atoms with Crippen molar-refractivity contribution in [1.29, 1.82) is 0 Å². The van der Waals surface area contributed by atoms with Crippen molar-refractivity contribution in [2.24, 2.45) is 5.92 Å². The zero-order valence-electron chi connectivity index (χ0n) is 15.4. The summed E-state index contributed by atoms with van der Waals surface area (Å²) in [5.41, 5.74) is 0.476. The minimum atomic E-state index is -0.595. The third-order valence-corrected chi connectivity index (χ3v) is 5.99. The number of hydrogen-bond donors (Lipinski definition) is 1. The van der Waals surface area contributed by atoms with Crippen LogP contribution in [-0.2, 0) is 22.5 Å². The van der Waals surface area contributed by atoms with E-state index < -0.39 is 5.97 Å². The lowest BCUT2D eigenvalue weighted by Gasteiger charge is -2.17. The SMILES string of the molecule is Cc1c(C(=O)OCC(=O)N[C@H](C)C(C)C)sc2nc3n(c(=O)c12)CCC3. The van der Waals surface area contributed by atoms with E-state index in [1.807, 2.05) is 20.8 Å². The van der Waals surface area contributed by atoms with Gasteiger partial charge in [0, 0.05) is 19.0 Å². The van der Waals surface area contributed by atoms with E-state index in [1.165, 1.54) is 0 Å². The largest absolute Gasteiger partial charge is 0.451 e. The molecule has 1 amide bonds. The number of amides is 1. The van der Waals surface area contributed by atoms with Gasteiger partial charge in [0.05, 0.1) is 5.39 Å². The number of ether oxygens (including phenoxy) is 1. The van der Waals surface area contributed by atoms with Gasteiger partial charge in [0.15, 0.2) is 6.61 Å². The molecule has 2 aromatic heterocycles. The van der Waals surface area contributed by atoms with Crippen molar-refractivity contribution in [2.75, 3.05) is 6.61 Å². The minimum absolute atomic E-state index is 0.00102. The Kier molecular flexibility index (Phi) is 5.13. The standard InChI is InChI=1S/C18H23N3O4S/c1-9(2)11(4)19-13(22)8-25-18(24)15-10(3)14-16(26-15)20-12-6-5-7-21(12)17(14)23/h9,11H,5-8H2,1-4H3,(H,19,22)/t11-/m1/s1. The number of aryl methyl sites for hydroxylation is 2. The molecule has 0 saturated carbocycles. The summed E-state index contributed by atoms with van der Waals surface area (Å²) < 4.78 is 6.82. The fourth-order valence-corrected chi connectivity index (χ4v) is 4.01. The molecule has 0 saturated heterocycles. The second-order valence-electron chi connectivity index (χ2n) is 7.00. The number of aromatic nitrogens is 2. The van der Waals surface area contributed by atoms with Gasteiger partial charge in [-0.25, -0.2) is 9.78 Å². The molecule has 0 aromatic carbocycles. The number of esters is 1. The minimum Gasteiger partial charge on any atom is -0.451 e. The van der Waals surface area contributed by atoms with E-state index >= 15 is 0 Å². The highest BCUT2D eigenvalue weighted by Gasteiger charge is 2.24. The van der Waals surface area contributed by atoms with Gasteiger partial charge in [-0.1, -0.05) is 13.8 Å². The fourth-order valence-electron chi connectivity index (χ4n) is 2.93. The average molecular weight is 377 g/mol. The highest BCUT2D eigenvalue weighted by molar-refractivity contribution is 7.20. The first-order valence-corrected chi connectivity index (χ1v) is 9.60. The van der Waals surface area contributed by atoms with E-state index in [0.29, 0.717) is 33.1 Å². The molecule has 0 radical (unpaired) electrons. The molecule has 26 heavy (non-hydrogen) atoms. The van der Waals surface area contributed by atoms with Gasteiger partial charge in [0.1, 0.15) is 15.5 Å². The van der Waals surface area contributed by atoms with Gasteiger partial charge < -0.3 is 10.1 Å². The summed E-state index contributed by atoms with van der Waals surface area (Å²) in [6.07, 6.45) is 1.69. The van der Waals surface area contributed by atoms with E-state index in [9.17, 15) is 14.4 Å². The van der Waals surface area contributed by atoms with Crippen LogP contribution in [0, 0.1) is 12.8 Å². The van der Waals surface area contributed by atoms with Crippen molar-refractivity contribution >= 4 is 33.4 Å². The highest BCUT2D eigenvalue weighted by atomic mass is 32.1. The molecule has 3 heterocycles. The Morgan fingerprint density at radius 3 is 2.77 bits per heavy atom. The summed E-state index contributed by atoms with van der Waals surface area (Å²) in [5, 5.41) is 3.27. The molecule has 2 aromatic rings. The molecule has 0 aliphatic carbocycles. The van der Waals surface area contributed by atoms with Crippen molar-refractivity contribution in [3.8, 4) is 0 Å². The second-order valence-corrected chi connectivity index (χ2v) is 8.00. The lowest BCUT2D eigenvalue weighted by Crippen LogP contribution is -2.38. The summed E-state index contributed by atoms with van der Waals surface area (Å²) in [6.45, 7) is 7.95. The first kappa shape index (κ1) is 18.6. The third-order valence-electron chi connectivity index (χ3n) is 4.82. The number of thiophene rings is 1. The van der Waals surface area contributed by atoms with E-state index in [1.54, 1.807) is 11.5 Å². The quantitative estimate of drug-likeness (QED) is 0.805. The maximum atomic E-state index is 12.6. The highest BCUT2D eigenvalue weighted by Crippen LogP contribution is 2.29. The van der Waals surface area contributed by atoms with Crippen LogP contribution in [0.1, 0.15) is 48.3 Å². The lowest BCUT2D eigenvalue weighted by molar-refractivity contribution is -0.125. The molecule has 7 nitrogen and oxygen atoms in total. The van der Waals surface area contributed by atoms with Gasteiger partial charge in [-0.15, -0.1) is 11.3 Å². The number of fused-ring (bicyclic) bond motifs is 2. The maximum absolute atomic E-state index is 12.6. The third kappa shape index (κ3) is 3.38. The summed E-state index contributed by atoms with van der Waals surface area (Å²) in [6, 6.07) is -0.00102. The molecule has 1 N–H and O–H groups in total. The molecule has 3 rings (SSSR count). The second kappa shape index (κ2) is 7.19. The summed E-state index contributed by atoms with van der Waals surface area (Å²) in [5.74, 6) is 0.129. The fraction of sp³-hybridized carbons (Fsp3) is 0.556. The first-order valence-electron chi connectivity index (χ1n) is 8.79. The van der Waals surface area contributed by atoms with Crippen LogP contribution in [0.3, 0.4) is 0 Å². The van der Waals surface area contributed by atoms with E-state index in [-0.39, 0.29) is 24.1 Å². The number of nitrogens with one attached hydrogen (secondary N) is 1. The van der Waals surface area contributed by atoms with Crippen LogP contribution in [-0.4, -0.2) is 34.1 Å². The monoisotopic (exact) mass is 377 g/mol. The van der Waals surface area contributed by atoms with Crippen molar-refractivity contribution < 1.29 is 14.3 Å². The summed E-state index contributed by atoms with van der Waals surface area (Å²) in [7, 11) is 0. The van der Waals surface area contributed by atoms with Gasteiger partial charge in [-0.3, -0.25) is 14.2 Å². The number of carbonyl (C=O) groups is 2. The Hall–Kier alpha value is -2.22. The molecule has 1 aliphatic rings. The normalized spacial score (nSPS) is 14.5. The van der Waals surface area contributed by atoms with Crippen molar-refractivity contribution in [1.82, 2.24) is 14.9 Å². The van der Waals surface area contributed by atoms with Gasteiger partial charge in [0.2, 0.25) is 0 Å². The van der Waals surface area contributed by atoms with Crippen molar-refractivity contribution in [3.63, 3.8) is 0 Å². The lowest BCUT2D eigenvalue weighted by atomic mass is 10.1. The summed E-state index contributed by atoms with van der Waals surface area (Å²) >= 11 is 1.15. The molecule has 140 valence electrons. The molecule has 1 aliphatic heterocycles. The maximum Gasteiger partial charge on any atom is 0.349 e. The zero-order chi connectivity index (χ0) is 19.0. The number of hydrogen-bond acceptors (Lipinski definition) is 6. The van der Waals surface area contributed by atoms with Crippen LogP contribution in [0.2, 0.25) is 0 Å². The topological polar surface area (TPSA) is 90.3 Å². The van der Waals surface area contributed by atoms with Crippen LogP contribution in [0.4, 0.5) is 0 Å². The average Bonchev–Trinajstić information content (AvgIpc) is 3.18. The van der Waals surface area contributed by atoms with Gasteiger partial charge in [-0.05, 0) is 31.7 Å². The van der Waals surface area contributed by atoms with Gasteiger partial charge >= 0.3 is 5.97 Å². The Bertz CT molecular complexity index is 929. The molecular formula is C18H23N3O4S. The van der Waals surface area contributed by atoms with E-state index in [4.69, 9.17) is 4.74 Å². The van der Waals surface area contributed by atoms with Crippen LogP contribution >= 0.6 is 11.3 Å². The zero-order valence-corrected chi connectivity index (χ0v) is 16.2. The molecular weight excluding hydrogens is 354 g/mol. The van der Waals surface area contributed by atoms with Gasteiger partial charge in [0.25, 0.3) is 11.5 Å². The summed E-state index contributed by atoms with van der Waals surface area (Å²) in [4.78, 5) is 42.3. The van der Waals surface area contributed by atoms with Crippen molar-refractivity contribution in [2.45, 2.75) is 53.1 Å². The Balaban J connectivity index is 1.77. The predicted molar refractivity (Wildman–Crippen MR) is 99.7 cm³/mol. The molecule has 0 bridgehead atoms. The van der Waals surface area contributed by atoms with Crippen LogP contribution < -0.4 is 10.9 Å². The van der Waals surface area contributed by atoms with E-state index in [0.717, 1.165) is 30.0 Å². The number of rotatable bonds is 5. The molecule has 8 heteroatoms. The van der Waals surface area contributed by atoms with Crippen LogP contribution in [0.5, 0.6) is 0 Å². The molecule has 0 spiro atoms. The van der Waals surface area contributed by atoms with Crippen LogP contribution in [0.15, 0.2) is 4.79 Å². The van der Waals surface area contributed by atoms with E-state index in [2.05, 4.69) is 10.3 Å². The molecule has 0 unspecified atom stereocenters. The van der Waals surface area contributed by atoms with Crippen LogP contribution in [0.25, 0.3) is 10.2 Å². The predicted octanol–water partition coefficient (Wildman–Crippen LogP) is 2.03. The molecule has 1 atom stereocenters.